The van der Waals surface area contributed by atoms with Crippen molar-refractivity contribution in [2.24, 2.45) is 0 Å². The highest BCUT2D eigenvalue weighted by Crippen LogP contribution is 2.46. The predicted octanol–water partition coefficient (Wildman–Crippen LogP) is 7.12. The predicted molar refractivity (Wildman–Crippen MR) is 163 cm³/mol. The fourth-order valence-corrected chi connectivity index (χ4v) is 6.88. The Morgan fingerprint density at radius 2 is 1.80 bits per heavy atom. The van der Waals surface area contributed by atoms with Crippen LogP contribution in [0.25, 0.3) is 11.3 Å². The van der Waals surface area contributed by atoms with E-state index in [-0.39, 0.29) is 18.8 Å². The first-order valence-corrected chi connectivity index (χ1v) is 15.3. The maximum absolute atomic E-state index is 13.8. The van der Waals surface area contributed by atoms with E-state index in [0.29, 0.717) is 62.4 Å². The molecule has 3 aliphatic rings. The van der Waals surface area contributed by atoms with Crippen LogP contribution in [0, 0.1) is 0 Å². The molecule has 2 aromatic carbocycles. The number of halogens is 6. The van der Waals surface area contributed by atoms with Gasteiger partial charge in [0.1, 0.15) is 28.6 Å². The van der Waals surface area contributed by atoms with E-state index in [1.54, 1.807) is 47.4 Å². The van der Waals surface area contributed by atoms with Crippen molar-refractivity contribution in [3.63, 3.8) is 0 Å². The summed E-state index contributed by atoms with van der Waals surface area (Å²) >= 11 is 19.5. The number of hydrogen-bond acceptors (Lipinski definition) is 7. The van der Waals surface area contributed by atoms with E-state index in [1.807, 2.05) is 0 Å². The summed E-state index contributed by atoms with van der Waals surface area (Å²) in [6.45, 7) is 0.467. The SMILES string of the molecule is CNC1=CC=C(N2CC(O)(c3ccc(OCCc4c(-c5c(Cl)cccc5Cl)noc4C4CC4)cc3Cl)C2)N(C)C1C(F)(F)F. The third-order valence-electron chi connectivity index (χ3n) is 8.31. The smallest absolute Gasteiger partial charge is 0.414 e. The Balaban J connectivity index is 1.13. The van der Waals surface area contributed by atoms with Gasteiger partial charge in [0, 0.05) is 48.8 Å². The number of hydrogen-bond donors (Lipinski definition) is 2. The maximum atomic E-state index is 13.8. The highest BCUT2D eigenvalue weighted by atomic mass is 35.5. The monoisotopic (exact) mass is 668 g/mol. The summed E-state index contributed by atoms with van der Waals surface area (Å²) in [5.74, 6) is 2.01. The summed E-state index contributed by atoms with van der Waals surface area (Å²) in [5, 5.41) is 19.5. The average molecular weight is 670 g/mol. The molecule has 1 unspecified atom stereocenters. The molecule has 2 fully saturated rings. The van der Waals surface area contributed by atoms with Crippen LogP contribution in [0.3, 0.4) is 0 Å². The molecule has 1 saturated heterocycles. The van der Waals surface area contributed by atoms with Crippen molar-refractivity contribution in [3.8, 4) is 17.0 Å². The third kappa shape index (κ3) is 5.73. The van der Waals surface area contributed by atoms with E-state index in [9.17, 15) is 18.3 Å². The minimum atomic E-state index is -4.47. The average Bonchev–Trinajstić information content (AvgIpc) is 3.71. The molecule has 7 nitrogen and oxygen atoms in total. The van der Waals surface area contributed by atoms with Crippen LogP contribution < -0.4 is 10.1 Å². The second kappa shape index (κ2) is 11.7. The molecule has 1 aromatic heterocycles. The van der Waals surface area contributed by atoms with Crippen molar-refractivity contribution in [1.82, 2.24) is 20.3 Å². The van der Waals surface area contributed by atoms with Gasteiger partial charge < -0.3 is 29.5 Å². The van der Waals surface area contributed by atoms with Gasteiger partial charge in [-0.15, -0.1) is 0 Å². The van der Waals surface area contributed by atoms with E-state index >= 15 is 0 Å². The van der Waals surface area contributed by atoms with Crippen LogP contribution in [0.4, 0.5) is 13.2 Å². The molecule has 44 heavy (non-hydrogen) atoms. The van der Waals surface area contributed by atoms with Gasteiger partial charge in [0.05, 0.1) is 34.8 Å². The summed E-state index contributed by atoms with van der Waals surface area (Å²) in [6.07, 6.45) is 1.11. The minimum absolute atomic E-state index is 0.0508. The van der Waals surface area contributed by atoms with Crippen molar-refractivity contribution in [2.75, 3.05) is 33.8 Å². The van der Waals surface area contributed by atoms with Crippen LogP contribution in [-0.4, -0.2) is 66.1 Å². The van der Waals surface area contributed by atoms with Crippen molar-refractivity contribution >= 4 is 34.8 Å². The molecule has 0 radical (unpaired) electrons. The van der Waals surface area contributed by atoms with Gasteiger partial charge in [0.15, 0.2) is 6.04 Å². The Labute approximate surface area is 267 Å². The first-order valence-electron chi connectivity index (χ1n) is 14.1. The lowest BCUT2D eigenvalue weighted by Crippen LogP contribution is -2.62. The van der Waals surface area contributed by atoms with Crippen LogP contribution in [0.2, 0.25) is 15.1 Å². The number of β-amino-alcohol motifs (C(OH)–C–C–N with tert-alkyl or cyclic N) is 1. The number of nitrogens with zero attached hydrogens (tertiary/aromatic N) is 3. The van der Waals surface area contributed by atoms with Gasteiger partial charge in [0.2, 0.25) is 0 Å². The fourth-order valence-electron chi connectivity index (χ4n) is 5.96. The number of nitrogens with one attached hydrogen (secondary N) is 1. The number of aromatic nitrogens is 1. The molecule has 1 atom stereocenters. The molecule has 0 amide bonds. The maximum Gasteiger partial charge on any atom is 0.414 e. The van der Waals surface area contributed by atoms with E-state index in [1.165, 1.54) is 25.1 Å². The number of allylic oxidation sites excluding steroid dienone is 2. The highest BCUT2D eigenvalue weighted by Gasteiger charge is 2.51. The van der Waals surface area contributed by atoms with Crippen molar-refractivity contribution in [2.45, 2.75) is 43.0 Å². The van der Waals surface area contributed by atoms with Gasteiger partial charge in [-0.25, -0.2) is 0 Å². The molecular formula is C31H30Cl3F3N4O3. The molecule has 2 aliphatic heterocycles. The largest absolute Gasteiger partial charge is 0.493 e. The number of alkyl halides is 3. The minimum Gasteiger partial charge on any atom is -0.493 e. The van der Waals surface area contributed by atoms with E-state index in [2.05, 4.69) is 10.5 Å². The third-order valence-corrected chi connectivity index (χ3v) is 9.25. The standard InChI is InChI=1S/C31H30Cl3F3N4O3/c1-38-24-10-11-25(40(2)29(24)31(35,36)37)41-15-30(42,16-41)20-9-8-18(14-23(20)34)43-13-12-19-27(39-44-28(19)17-6-7-17)26-21(32)4-3-5-22(26)33/h3-5,8-11,14,17,29,38,42H,6-7,12-13,15-16H2,1-2H3. The molecule has 1 saturated carbocycles. The Morgan fingerprint density at radius 1 is 1.09 bits per heavy atom. The lowest BCUT2D eigenvalue weighted by molar-refractivity contribution is -0.175. The van der Waals surface area contributed by atoms with E-state index in [0.717, 1.165) is 24.2 Å². The number of likely N-dealkylation sites (N-methyl/N-ethyl adjacent to an activating group) is 2. The molecular weight excluding hydrogens is 640 g/mol. The molecule has 3 heterocycles. The highest BCUT2D eigenvalue weighted by molar-refractivity contribution is 6.39. The Morgan fingerprint density at radius 3 is 2.41 bits per heavy atom. The molecule has 0 spiro atoms. The summed E-state index contributed by atoms with van der Waals surface area (Å²) < 4.78 is 53.1. The molecule has 0 bridgehead atoms. The molecule has 6 rings (SSSR count). The molecule has 1 aliphatic carbocycles. The summed E-state index contributed by atoms with van der Waals surface area (Å²) in [6, 6.07) is 8.52. The van der Waals surface area contributed by atoms with Crippen molar-refractivity contribution in [3.05, 3.63) is 92.0 Å². The molecule has 13 heteroatoms. The van der Waals surface area contributed by atoms with E-state index in [4.69, 9.17) is 44.1 Å². The molecule has 3 aromatic rings. The summed E-state index contributed by atoms with van der Waals surface area (Å²) in [5.41, 5.74) is 1.33. The second-order valence-electron chi connectivity index (χ2n) is 11.3. The van der Waals surface area contributed by atoms with Crippen LogP contribution in [0.5, 0.6) is 5.75 Å². The van der Waals surface area contributed by atoms with Gasteiger partial charge in [-0.1, -0.05) is 52.1 Å². The van der Waals surface area contributed by atoms with Crippen LogP contribution >= 0.6 is 34.8 Å². The lowest BCUT2D eigenvalue weighted by atomic mass is 9.85. The topological polar surface area (TPSA) is 74.0 Å². The molecule has 2 N–H and O–H groups in total. The number of ether oxygens (including phenoxy) is 1. The summed E-state index contributed by atoms with van der Waals surface area (Å²) in [4.78, 5) is 2.86. The Bertz CT molecular complexity index is 1610. The van der Waals surface area contributed by atoms with Gasteiger partial charge >= 0.3 is 6.18 Å². The van der Waals surface area contributed by atoms with Crippen LogP contribution in [-0.2, 0) is 12.0 Å². The first kappa shape index (κ1) is 31.0. The van der Waals surface area contributed by atoms with Gasteiger partial charge in [-0.3, -0.25) is 0 Å². The van der Waals surface area contributed by atoms with Crippen molar-refractivity contribution < 1.29 is 27.5 Å². The van der Waals surface area contributed by atoms with Crippen LogP contribution in [0.1, 0.15) is 35.6 Å². The number of aliphatic hydroxyl groups is 1. The number of likely N-dealkylation sites (tertiary alicyclic amines) is 1. The fraction of sp³-hybridized carbons (Fsp3) is 0.387. The van der Waals surface area contributed by atoms with Crippen LogP contribution in [0.15, 0.2) is 64.6 Å². The number of rotatable bonds is 9. The second-order valence-corrected chi connectivity index (χ2v) is 12.5. The van der Waals surface area contributed by atoms with Crippen molar-refractivity contribution in [1.29, 1.82) is 0 Å². The van der Waals surface area contributed by atoms with E-state index < -0.39 is 17.8 Å². The number of benzene rings is 2. The van der Waals surface area contributed by atoms with Gasteiger partial charge in [-0.2, -0.15) is 13.2 Å². The zero-order valence-corrected chi connectivity index (χ0v) is 26.2. The normalized spacial score (nSPS) is 19.8. The lowest BCUT2D eigenvalue weighted by Gasteiger charge is -2.52. The quantitative estimate of drug-likeness (QED) is 0.251. The molecule has 234 valence electrons. The Hall–Kier alpha value is -3.05. The van der Waals surface area contributed by atoms with Gasteiger partial charge in [-0.05, 0) is 49.3 Å². The zero-order valence-electron chi connectivity index (χ0n) is 23.9. The summed E-state index contributed by atoms with van der Waals surface area (Å²) in [7, 11) is 2.85. The van der Waals surface area contributed by atoms with Gasteiger partial charge in [0.25, 0.3) is 0 Å². The first-order chi connectivity index (χ1) is 20.9. The Kier molecular flexibility index (Phi) is 8.24. The zero-order chi connectivity index (χ0) is 31.4.